The third-order valence-electron chi connectivity index (χ3n) is 11.5. The molecule has 11 rings (SSSR count). The summed E-state index contributed by atoms with van der Waals surface area (Å²) < 4.78 is 2.64. The van der Waals surface area contributed by atoms with Crippen molar-refractivity contribution in [1.82, 2.24) is 0 Å². The highest BCUT2D eigenvalue weighted by Gasteiger charge is 2.23. The van der Waals surface area contributed by atoms with Gasteiger partial charge in [0.05, 0.1) is 5.69 Å². The first-order chi connectivity index (χ1) is 28.8. The van der Waals surface area contributed by atoms with Crippen LogP contribution in [0.15, 0.2) is 224 Å². The van der Waals surface area contributed by atoms with Crippen molar-refractivity contribution in [3.8, 4) is 44.5 Å². The minimum atomic E-state index is 1.09. The Hall–Kier alpha value is -7.26. The lowest BCUT2D eigenvalue weighted by atomic mass is 9.87. The second kappa shape index (κ2) is 14.4. The van der Waals surface area contributed by atoms with E-state index in [1.165, 1.54) is 86.2 Å². The van der Waals surface area contributed by atoms with Crippen LogP contribution in [0.25, 0.3) is 86.2 Å². The van der Waals surface area contributed by atoms with E-state index in [1.54, 1.807) is 0 Å². The monoisotopic (exact) mass is 755 g/mol. The number of nitrogens with zero attached hydrogens (tertiary/aromatic N) is 1. The summed E-state index contributed by atoms with van der Waals surface area (Å²) in [4.78, 5) is 2.46. The van der Waals surface area contributed by atoms with Crippen LogP contribution in [0.1, 0.15) is 0 Å². The molecule has 0 atom stereocenters. The topological polar surface area (TPSA) is 3.24 Å². The maximum Gasteiger partial charge on any atom is 0.0546 e. The lowest BCUT2D eigenvalue weighted by Gasteiger charge is -2.30. The number of benzene rings is 10. The summed E-state index contributed by atoms with van der Waals surface area (Å²) in [5.41, 5.74) is 12.8. The average molecular weight is 756 g/mol. The molecule has 0 radical (unpaired) electrons. The zero-order valence-electron chi connectivity index (χ0n) is 31.7. The molecule has 0 unspecified atom stereocenters. The van der Waals surface area contributed by atoms with Gasteiger partial charge in [0.15, 0.2) is 0 Å². The summed E-state index contributed by atoms with van der Waals surface area (Å²) in [6.07, 6.45) is 0. The maximum absolute atomic E-state index is 2.46. The normalized spacial score (nSPS) is 11.4. The molecule has 272 valence electrons. The van der Waals surface area contributed by atoms with Crippen LogP contribution in [0.5, 0.6) is 0 Å². The first-order valence-electron chi connectivity index (χ1n) is 19.8. The molecule has 0 saturated carbocycles. The molecule has 0 aliphatic heterocycles. The maximum atomic E-state index is 2.46. The van der Waals surface area contributed by atoms with Crippen LogP contribution in [0.2, 0.25) is 0 Å². The van der Waals surface area contributed by atoms with E-state index in [4.69, 9.17) is 0 Å². The molecule has 10 aromatic carbocycles. The Morgan fingerprint density at radius 1 is 0.293 bits per heavy atom. The van der Waals surface area contributed by atoms with Crippen LogP contribution >= 0.6 is 11.3 Å². The molecule has 0 N–H and O–H groups in total. The summed E-state index contributed by atoms with van der Waals surface area (Å²) in [6.45, 7) is 0. The Labute approximate surface area is 342 Å². The van der Waals surface area contributed by atoms with Gasteiger partial charge in [-0.1, -0.05) is 176 Å². The van der Waals surface area contributed by atoms with E-state index in [0.29, 0.717) is 0 Å². The van der Waals surface area contributed by atoms with E-state index >= 15 is 0 Å². The Morgan fingerprint density at radius 2 is 0.879 bits per heavy atom. The lowest BCUT2D eigenvalue weighted by Crippen LogP contribution is -2.12. The lowest BCUT2D eigenvalue weighted by molar-refractivity contribution is 1.29. The summed E-state index contributed by atoms with van der Waals surface area (Å²) in [5, 5.41) is 7.60. The van der Waals surface area contributed by atoms with Crippen molar-refractivity contribution >= 4 is 70.1 Å². The molecular formula is C56H37NS. The van der Waals surface area contributed by atoms with Crippen molar-refractivity contribution in [3.05, 3.63) is 224 Å². The number of anilines is 3. The third kappa shape index (κ3) is 5.94. The Bertz CT molecular complexity index is 3270. The SMILES string of the molecule is c1ccc(-c2ccccc2-c2c(-c3ccccc3)cccc2N(c2ccc(-c3ccc4sc5ccccc5c4c3)cc2)c2ccc3c(ccc4ccccc43)c2)cc1. The molecule has 11 aromatic rings. The standard InChI is InChI=1S/C56H37NS/c1-3-14-39(15-4-1)47-20-9-10-22-51(47)56-49(40-16-5-2-6-17-40)23-13-24-53(56)57(45-33-34-48-43(36-45)27-26-41-18-7-8-19-46(41)48)44-31-28-38(29-32-44)42-30-35-55-52(37-42)50-21-11-12-25-54(50)58-55/h1-37H. The second-order valence-electron chi connectivity index (χ2n) is 14.9. The number of thiophene rings is 1. The molecule has 1 nitrogen and oxygen atoms in total. The van der Waals surface area contributed by atoms with E-state index in [9.17, 15) is 0 Å². The van der Waals surface area contributed by atoms with Gasteiger partial charge in [-0.15, -0.1) is 11.3 Å². The Kier molecular flexibility index (Phi) is 8.42. The van der Waals surface area contributed by atoms with Crippen LogP contribution in [0.3, 0.4) is 0 Å². The largest absolute Gasteiger partial charge is 0.310 e. The molecule has 1 heterocycles. The minimum absolute atomic E-state index is 1.09. The van der Waals surface area contributed by atoms with Gasteiger partial charge in [-0.3, -0.25) is 0 Å². The van der Waals surface area contributed by atoms with Crippen molar-refractivity contribution in [2.75, 3.05) is 4.90 Å². The van der Waals surface area contributed by atoms with E-state index in [1.807, 2.05) is 11.3 Å². The molecule has 0 bridgehead atoms. The molecule has 0 fully saturated rings. The Balaban J connectivity index is 1.14. The highest BCUT2D eigenvalue weighted by atomic mass is 32.1. The zero-order valence-corrected chi connectivity index (χ0v) is 32.5. The third-order valence-corrected chi connectivity index (χ3v) is 12.6. The van der Waals surface area contributed by atoms with Crippen LogP contribution < -0.4 is 4.90 Å². The van der Waals surface area contributed by atoms with Gasteiger partial charge in [-0.25, -0.2) is 0 Å². The molecular weight excluding hydrogens is 719 g/mol. The summed E-state index contributed by atoms with van der Waals surface area (Å²) in [7, 11) is 0. The number of hydrogen-bond acceptors (Lipinski definition) is 2. The fraction of sp³-hybridized carbons (Fsp3) is 0. The van der Waals surface area contributed by atoms with Gasteiger partial charge < -0.3 is 4.90 Å². The smallest absolute Gasteiger partial charge is 0.0546 e. The minimum Gasteiger partial charge on any atom is -0.310 e. The number of fused-ring (bicyclic) bond motifs is 6. The Morgan fingerprint density at radius 3 is 1.69 bits per heavy atom. The van der Waals surface area contributed by atoms with Crippen molar-refractivity contribution < 1.29 is 0 Å². The van der Waals surface area contributed by atoms with E-state index in [0.717, 1.165) is 17.1 Å². The molecule has 0 aliphatic carbocycles. The molecule has 0 aliphatic rings. The first-order valence-corrected chi connectivity index (χ1v) is 20.7. The molecule has 0 saturated heterocycles. The van der Waals surface area contributed by atoms with E-state index in [2.05, 4.69) is 229 Å². The second-order valence-corrected chi connectivity index (χ2v) is 15.9. The summed E-state index contributed by atoms with van der Waals surface area (Å²) >= 11 is 1.86. The number of rotatable bonds is 7. The summed E-state index contributed by atoms with van der Waals surface area (Å²) in [6, 6.07) is 82.1. The van der Waals surface area contributed by atoms with Crippen LogP contribution in [0, 0.1) is 0 Å². The predicted molar refractivity (Wildman–Crippen MR) is 251 cm³/mol. The van der Waals surface area contributed by atoms with Crippen molar-refractivity contribution in [3.63, 3.8) is 0 Å². The fourth-order valence-corrected chi connectivity index (χ4v) is 9.80. The van der Waals surface area contributed by atoms with Crippen molar-refractivity contribution in [1.29, 1.82) is 0 Å². The molecule has 1 aromatic heterocycles. The van der Waals surface area contributed by atoms with Gasteiger partial charge in [-0.2, -0.15) is 0 Å². The fourth-order valence-electron chi connectivity index (χ4n) is 8.71. The van der Waals surface area contributed by atoms with Gasteiger partial charge in [0.25, 0.3) is 0 Å². The van der Waals surface area contributed by atoms with Gasteiger partial charge in [0.2, 0.25) is 0 Å². The quantitative estimate of drug-likeness (QED) is 0.146. The highest BCUT2D eigenvalue weighted by Crippen LogP contribution is 2.49. The molecule has 2 heteroatoms. The molecule has 58 heavy (non-hydrogen) atoms. The van der Waals surface area contributed by atoms with Crippen LogP contribution in [-0.2, 0) is 0 Å². The van der Waals surface area contributed by atoms with Crippen molar-refractivity contribution in [2.24, 2.45) is 0 Å². The molecule has 0 spiro atoms. The van der Waals surface area contributed by atoms with Gasteiger partial charge in [0.1, 0.15) is 0 Å². The van der Waals surface area contributed by atoms with Crippen LogP contribution in [0.4, 0.5) is 17.1 Å². The first kappa shape index (κ1) is 34.0. The van der Waals surface area contributed by atoms with Gasteiger partial charge in [-0.05, 0) is 109 Å². The van der Waals surface area contributed by atoms with Gasteiger partial charge >= 0.3 is 0 Å². The van der Waals surface area contributed by atoms with E-state index in [-0.39, 0.29) is 0 Å². The summed E-state index contributed by atoms with van der Waals surface area (Å²) in [5.74, 6) is 0. The zero-order chi connectivity index (χ0) is 38.4. The average Bonchev–Trinajstić information content (AvgIpc) is 3.68. The van der Waals surface area contributed by atoms with Gasteiger partial charge in [0, 0.05) is 37.1 Å². The highest BCUT2D eigenvalue weighted by molar-refractivity contribution is 7.25. The molecule has 0 amide bonds. The predicted octanol–water partition coefficient (Wildman–Crippen LogP) is 16.5. The van der Waals surface area contributed by atoms with Crippen LogP contribution in [-0.4, -0.2) is 0 Å². The number of hydrogen-bond donors (Lipinski definition) is 0. The van der Waals surface area contributed by atoms with E-state index < -0.39 is 0 Å². The van der Waals surface area contributed by atoms with Crippen molar-refractivity contribution in [2.45, 2.75) is 0 Å².